The van der Waals surface area contributed by atoms with E-state index in [9.17, 15) is 24.0 Å². The van der Waals surface area contributed by atoms with E-state index in [0.717, 1.165) is 10.5 Å². The van der Waals surface area contributed by atoms with E-state index >= 15 is 8.78 Å². The SMILES string of the molecule is CC(C)C[C@@H](NC(=O)[C@@H](Cc1ccccc1)NC(=O)/C(N)=C/c1ccccc1)C(=O)N[C@H](CCCCN)C(=O)N1CC2(CCN(C(=O)[C@@H](C)N)CC2(F)F)C1. The van der Waals surface area contributed by atoms with Gasteiger partial charge in [-0.3, -0.25) is 24.0 Å². The van der Waals surface area contributed by atoms with Crippen molar-refractivity contribution in [2.24, 2.45) is 28.5 Å². The maximum atomic E-state index is 15.5. The molecule has 2 aromatic carbocycles. The molecule has 2 saturated heterocycles. The molecule has 15 heteroatoms. The number of carbonyl (C=O) groups excluding carboxylic acids is 5. The van der Waals surface area contributed by atoms with Gasteiger partial charge in [0.15, 0.2) is 0 Å². The van der Waals surface area contributed by atoms with Gasteiger partial charge in [-0.25, -0.2) is 8.78 Å². The van der Waals surface area contributed by atoms with Crippen molar-refractivity contribution in [3.63, 3.8) is 0 Å². The highest BCUT2D eigenvalue weighted by Gasteiger charge is 2.64. The summed E-state index contributed by atoms with van der Waals surface area (Å²) >= 11 is 0. The average molecular weight is 767 g/mol. The molecule has 55 heavy (non-hydrogen) atoms. The largest absolute Gasteiger partial charge is 0.394 e. The van der Waals surface area contributed by atoms with E-state index in [2.05, 4.69) is 16.0 Å². The average Bonchev–Trinajstić information content (AvgIpc) is 3.12. The predicted molar refractivity (Wildman–Crippen MR) is 206 cm³/mol. The highest BCUT2D eigenvalue weighted by atomic mass is 19.3. The molecule has 2 heterocycles. The first kappa shape index (κ1) is 42.8. The van der Waals surface area contributed by atoms with Crippen LogP contribution in [0.15, 0.2) is 66.4 Å². The number of carbonyl (C=O) groups is 5. The van der Waals surface area contributed by atoms with E-state index in [1.807, 2.05) is 38.1 Å². The van der Waals surface area contributed by atoms with E-state index in [1.54, 1.807) is 36.4 Å². The first-order chi connectivity index (χ1) is 26.1. The van der Waals surface area contributed by atoms with Crippen LogP contribution >= 0.6 is 0 Å². The summed E-state index contributed by atoms with van der Waals surface area (Å²) < 4.78 is 31.0. The van der Waals surface area contributed by atoms with Crippen LogP contribution in [0, 0.1) is 11.3 Å². The number of likely N-dealkylation sites (tertiary alicyclic amines) is 2. The zero-order chi connectivity index (χ0) is 40.3. The summed E-state index contributed by atoms with van der Waals surface area (Å²) in [7, 11) is 0. The van der Waals surface area contributed by atoms with Gasteiger partial charge in [-0.2, -0.15) is 0 Å². The van der Waals surface area contributed by atoms with Crippen LogP contribution in [-0.4, -0.2) is 102 Å². The van der Waals surface area contributed by atoms with E-state index in [-0.39, 0.29) is 56.9 Å². The number of nitrogens with zero attached hydrogens (tertiary/aromatic N) is 2. The molecule has 2 fully saturated rings. The van der Waals surface area contributed by atoms with Crippen LogP contribution in [0.1, 0.15) is 64.0 Å². The van der Waals surface area contributed by atoms with E-state index in [4.69, 9.17) is 17.2 Å². The zero-order valence-corrected chi connectivity index (χ0v) is 31.9. The van der Waals surface area contributed by atoms with Crippen LogP contribution in [0.25, 0.3) is 6.08 Å². The molecule has 2 aliphatic rings. The summed E-state index contributed by atoms with van der Waals surface area (Å²) in [5.74, 6) is -6.28. The summed E-state index contributed by atoms with van der Waals surface area (Å²) in [6.07, 6.45) is 3.08. The molecule has 5 amide bonds. The van der Waals surface area contributed by atoms with Crippen LogP contribution in [0.2, 0.25) is 0 Å². The number of hydrogen-bond acceptors (Lipinski definition) is 8. The molecule has 0 saturated carbocycles. The van der Waals surface area contributed by atoms with Crippen LogP contribution in [-0.2, 0) is 30.4 Å². The summed E-state index contributed by atoms with van der Waals surface area (Å²) in [5, 5.41) is 8.32. The Morgan fingerprint density at radius 1 is 0.800 bits per heavy atom. The number of benzene rings is 2. The Labute approximate surface area is 321 Å². The fourth-order valence-corrected chi connectivity index (χ4v) is 7.04. The molecule has 0 unspecified atom stereocenters. The van der Waals surface area contributed by atoms with E-state index < -0.39 is 71.6 Å². The van der Waals surface area contributed by atoms with Gasteiger partial charge in [-0.1, -0.05) is 74.5 Å². The quantitative estimate of drug-likeness (QED) is 0.103. The summed E-state index contributed by atoms with van der Waals surface area (Å²) in [6.45, 7) is 4.44. The first-order valence-electron chi connectivity index (χ1n) is 18.9. The van der Waals surface area contributed by atoms with Gasteiger partial charge in [-0.15, -0.1) is 0 Å². The second-order valence-electron chi connectivity index (χ2n) is 15.2. The van der Waals surface area contributed by atoms with Gasteiger partial charge in [0.2, 0.25) is 23.6 Å². The van der Waals surface area contributed by atoms with Gasteiger partial charge in [0.1, 0.15) is 18.1 Å². The van der Waals surface area contributed by atoms with Gasteiger partial charge >= 0.3 is 0 Å². The number of nitrogens with one attached hydrogen (secondary N) is 3. The van der Waals surface area contributed by atoms with Crippen molar-refractivity contribution in [1.29, 1.82) is 0 Å². The molecule has 2 aliphatic heterocycles. The smallest absolute Gasteiger partial charge is 0.274 e. The highest BCUT2D eigenvalue weighted by Crippen LogP contribution is 2.50. The fraction of sp³-hybridized carbons (Fsp3) is 0.525. The molecule has 9 N–H and O–H groups in total. The number of unbranched alkanes of at least 4 members (excludes halogenated alkanes) is 1. The lowest BCUT2D eigenvalue weighted by Crippen LogP contribution is -2.73. The molecule has 0 radical (unpaired) electrons. The summed E-state index contributed by atoms with van der Waals surface area (Å²) in [5.41, 5.74) is 17.3. The number of halogens is 2. The minimum Gasteiger partial charge on any atom is -0.394 e. The molecule has 0 aromatic heterocycles. The van der Waals surface area contributed by atoms with Crippen molar-refractivity contribution in [1.82, 2.24) is 25.8 Å². The van der Waals surface area contributed by atoms with Crippen molar-refractivity contribution < 1.29 is 32.8 Å². The Hall–Kier alpha value is -4.89. The zero-order valence-electron chi connectivity index (χ0n) is 31.9. The van der Waals surface area contributed by atoms with Gasteiger partial charge in [0.25, 0.3) is 11.8 Å². The van der Waals surface area contributed by atoms with Gasteiger partial charge in [-0.05, 0) is 68.7 Å². The number of rotatable bonds is 17. The Morgan fingerprint density at radius 3 is 1.98 bits per heavy atom. The molecular weight excluding hydrogens is 710 g/mol. The fourth-order valence-electron chi connectivity index (χ4n) is 7.04. The lowest BCUT2D eigenvalue weighted by Gasteiger charge is -2.57. The topological polar surface area (TPSA) is 206 Å². The number of nitrogens with two attached hydrogens (primary N) is 3. The first-order valence-corrected chi connectivity index (χ1v) is 18.9. The Kier molecular flexibility index (Phi) is 14.9. The minimum absolute atomic E-state index is 0.00329. The monoisotopic (exact) mass is 766 g/mol. The number of hydrogen-bond donors (Lipinski definition) is 6. The summed E-state index contributed by atoms with van der Waals surface area (Å²) in [6, 6.07) is 13.9. The molecule has 300 valence electrons. The van der Waals surface area contributed by atoms with Crippen molar-refractivity contribution in [2.75, 3.05) is 32.7 Å². The standard InChI is InChI=1S/C40H56F2N8O5/c1-26(2)20-32(48-36(53)33(22-29-14-8-5-9-15-29)47-34(51)30(45)21-28-12-6-4-7-13-28)35(52)46-31(16-10-11-18-43)38(55)50-23-39(24-50)17-19-49(25-40(39,41)42)37(54)27(3)44/h4-9,12-15,21,26-27,31-33H,10-11,16-20,22-25,43-45H2,1-3H3,(H,46,52)(H,47,51)(H,48,53)/b30-21-/t27-,31-,32-,33-/m1/s1. The third kappa shape index (κ3) is 11.3. The number of piperidine rings is 1. The minimum atomic E-state index is -3.24. The molecule has 4 rings (SSSR count). The Morgan fingerprint density at radius 2 is 1.40 bits per heavy atom. The normalized spacial score (nSPS) is 18.4. The van der Waals surface area contributed by atoms with Crippen molar-refractivity contribution in [3.8, 4) is 0 Å². The molecule has 1 spiro atoms. The predicted octanol–water partition coefficient (Wildman–Crippen LogP) is 1.90. The summed E-state index contributed by atoms with van der Waals surface area (Å²) in [4.78, 5) is 69.7. The lowest BCUT2D eigenvalue weighted by atomic mass is 9.68. The van der Waals surface area contributed by atoms with Gasteiger partial charge < -0.3 is 43.0 Å². The van der Waals surface area contributed by atoms with Gasteiger partial charge in [0, 0.05) is 26.1 Å². The molecule has 0 aliphatic carbocycles. The maximum absolute atomic E-state index is 15.5. The van der Waals surface area contributed by atoms with Gasteiger partial charge in [0.05, 0.1) is 23.7 Å². The molecule has 0 bridgehead atoms. The van der Waals surface area contributed by atoms with Crippen molar-refractivity contribution >= 4 is 35.6 Å². The van der Waals surface area contributed by atoms with Crippen LogP contribution in [0.4, 0.5) is 8.78 Å². The third-order valence-electron chi connectivity index (χ3n) is 10.2. The van der Waals surface area contributed by atoms with Crippen molar-refractivity contribution in [2.45, 2.75) is 89.4 Å². The molecular formula is C40H56F2N8O5. The lowest BCUT2D eigenvalue weighted by molar-refractivity contribution is -0.225. The van der Waals surface area contributed by atoms with Crippen LogP contribution in [0.5, 0.6) is 0 Å². The number of amides is 5. The van der Waals surface area contributed by atoms with E-state index in [0.29, 0.717) is 24.9 Å². The second kappa shape index (κ2) is 19.1. The Bertz CT molecular complexity index is 1670. The Balaban J connectivity index is 1.48. The maximum Gasteiger partial charge on any atom is 0.274 e. The number of alkyl halides is 2. The van der Waals surface area contributed by atoms with E-state index in [1.165, 1.54) is 17.9 Å². The highest BCUT2D eigenvalue weighted by molar-refractivity contribution is 6.00. The third-order valence-corrected chi connectivity index (χ3v) is 10.2. The molecule has 13 nitrogen and oxygen atoms in total. The van der Waals surface area contributed by atoms with Crippen LogP contribution in [0.3, 0.4) is 0 Å². The van der Waals surface area contributed by atoms with Crippen molar-refractivity contribution in [3.05, 3.63) is 77.5 Å². The van der Waals surface area contributed by atoms with Crippen LogP contribution < -0.4 is 33.2 Å². The second-order valence-corrected chi connectivity index (χ2v) is 15.2. The molecule has 4 atom stereocenters. The molecule has 2 aromatic rings.